The summed E-state index contributed by atoms with van der Waals surface area (Å²) in [5, 5.41) is 9.00. The Bertz CT molecular complexity index is 533. The van der Waals surface area contributed by atoms with Gasteiger partial charge in [-0.15, -0.1) is 28.7 Å². The van der Waals surface area contributed by atoms with Crippen molar-refractivity contribution >= 4 is 34.5 Å². The van der Waals surface area contributed by atoms with Crippen LogP contribution in [-0.2, 0) is 0 Å². The van der Waals surface area contributed by atoms with Crippen LogP contribution in [0.5, 0.6) is 5.75 Å². The average Bonchev–Trinajstić information content (AvgIpc) is 2.81. The van der Waals surface area contributed by atoms with Crippen molar-refractivity contribution in [3.63, 3.8) is 0 Å². The van der Waals surface area contributed by atoms with E-state index < -0.39 is 0 Å². The van der Waals surface area contributed by atoms with Crippen LogP contribution in [0.3, 0.4) is 0 Å². The predicted octanol–water partition coefficient (Wildman–Crippen LogP) is 3.08. The Kier molecular flexibility index (Phi) is 7.28. The largest absolute Gasteiger partial charge is 0.497 e. The quantitative estimate of drug-likeness (QED) is 0.776. The minimum absolute atomic E-state index is 0. The number of ether oxygens (including phenoxy) is 1. The van der Waals surface area contributed by atoms with Crippen molar-refractivity contribution in [1.29, 1.82) is 0 Å². The van der Waals surface area contributed by atoms with E-state index in [9.17, 15) is 4.79 Å². The third-order valence-corrected chi connectivity index (χ3v) is 4.63. The van der Waals surface area contributed by atoms with Crippen LogP contribution >= 0.6 is 28.7 Å². The van der Waals surface area contributed by atoms with Crippen molar-refractivity contribution in [3.05, 3.63) is 40.4 Å². The minimum atomic E-state index is 0. The second-order valence-corrected chi connectivity index (χ2v) is 5.65. The molecule has 1 aliphatic rings. The lowest BCUT2D eigenvalue weighted by molar-refractivity contribution is 0.0958. The number of aliphatic hydroxyl groups excluding tert-OH is 1. The SMILES string of the molecule is Br.COc1cccc(C(=O)CN2CSC(CCO)=C2C)c1. The highest BCUT2D eigenvalue weighted by atomic mass is 79.9. The van der Waals surface area contributed by atoms with Gasteiger partial charge in [0, 0.05) is 29.2 Å². The predicted molar refractivity (Wildman–Crippen MR) is 91.2 cm³/mol. The summed E-state index contributed by atoms with van der Waals surface area (Å²) < 4.78 is 5.14. The molecule has 6 heteroatoms. The van der Waals surface area contributed by atoms with E-state index in [1.807, 2.05) is 25.1 Å². The molecule has 0 aliphatic carbocycles. The van der Waals surface area contributed by atoms with Crippen LogP contribution in [0.1, 0.15) is 23.7 Å². The summed E-state index contributed by atoms with van der Waals surface area (Å²) in [7, 11) is 1.59. The van der Waals surface area contributed by atoms with Crippen LogP contribution in [0, 0.1) is 0 Å². The number of aliphatic hydroxyl groups is 1. The Hall–Kier alpha value is -0.980. The standard InChI is InChI=1S/C15H19NO3S.BrH/c1-11-15(6-7-17)20-10-16(11)9-14(18)12-4-3-5-13(8-12)19-2;/h3-5,8,17H,6-7,9-10H2,1-2H3;1H. The summed E-state index contributed by atoms with van der Waals surface area (Å²) >= 11 is 1.70. The Morgan fingerprint density at radius 3 is 2.90 bits per heavy atom. The molecular weight excluding hydrogens is 354 g/mol. The molecule has 0 fully saturated rings. The Morgan fingerprint density at radius 2 is 2.24 bits per heavy atom. The van der Waals surface area contributed by atoms with Crippen molar-refractivity contribution < 1.29 is 14.6 Å². The molecular formula is C15H20BrNO3S. The Labute approximate surface area is 139 Å². The van der Waals surface area contributed by atoms with E-state index in [4.69, 9.17) is 9.84 Å². The van der Waals surface area contributed by atoms with Gasteiger partial charge in [-0.3, -0.25) is 4.79 Å². The van der Waals surface area contributed by atoms with Gasteiger partial charge in [-0.1, -0.05) is 12.1 Å². The van der Waals surface area contributed by atoms with E-state index in [2.05, 4.69) is 4.90 Å². The van der Waals surface area contributed by atoms with Crippen LogP contribution in [0.25, 0.3) is 0 Å². The number of carbonyl (C=O) groups excluding carboxylic acids is 1. The lowest BCUT2D eigenvalue weighted by atomic mass is 10.1. The number of methoxy groups -OCH3 is 1. The first-order chi connectivity index (χ1) is 9.65. The van der Waals surface area contributed by atoms with Crippen molar-refractivity contribution in [1.82, 2.24) is 4.90 Å². The van der Waals surface area contributed by atoms with E-state index in [-0.39, 0.29) is 29.4 Å². The molecule has 0 aromatic heterocycles. The fraction of sp³-hybridized carbons (Fsp3) is 0.400. The zero-order chi connectivity index (χ0) is 14.5. The number of Topliss-reactive ketones (excluding diaryl/α,β-unsaturated/α-hetero) is 1. The van der Waals surface area contributed by atoms with Crippen LogP contribution in [-0.4, -0.2) is 41.9 Å². The van der Waals surface area contributed by atoms with Gasteiger partial charge in [0.25, 0.3) is 0 Å². The lowest BCUT2D eigenvalue weighted by Gasteiger charge is -2.18. The molecule has 116 valence electrons. The Balaban J connectivity index is 0.00000220. The van der Waals surface area contributed by atoms with Gasteiger partial charge < -0.3 is 14.7 Å². The van der Waals surface area contributed by atoms with Crippen molar-refractivity contribution in [2.45, 2.75) is 13.3 Å². The number of hydrogen-bond donors (Lipinski definition) is 1. The molecule has 1 N–H and O–H groups in total. The first-order valence-corrected chi connectivity index (χ1v) is 7.50. The van der Waals surface area contributed by atoms with Crippen LogP contribution in [0.15, 0.2) is 34.9 Å². The topological polar surface area (TPSA) is 49.8 Å². The lowest BCUT2D eigenvalue weighted by Crippen LogP contribution is -2.25. The molecule has 21 heavy (non-hydrogen) atoms. The second kappa shape index (κ2) is 8.46. The zero-order valence-electron chi connectivity index (χ0n) is 12.2. The summed E-state index contributed by atoms with van der Waals surface area (Å²) in [5.74, 6) is 1.55. The van der Waals surface area contributed by atoms with Gasteiger partial charge in [-0.05, 0) is 19.1 Å². The number of halogens is 1. The third-order valence-electron chi connectivity index (χ3n) is 3.34. The van der Waals surface area contributed by atoms with E-state index >= 15 is 0 Å². The number of ketones is 1. The van der Waals surface area contributed by atoms with Gasteiger partial charge in [0.15, 0.2) is 5.78 Å². The van der Waals surface area contributed by atoms with Crippen molar-refractivity contribution in [3.8, 4) is 5.75 Å². The number of hydrogen-bond acceptors (Lipinski definition) is 5. The molecule has 0 spiro atoms. The summed E-state index contributed by atoms with van der Waals surface area (Å²) in [6, 6.07) is 7.22. The van der Waals surface area contributed by atoms with Crippen LogP contribution in [0.4, 0.5) is 0 Å². The summed E-state index contributed by atoms with van der Waals surface area (Å²) in [4.78, 5) is 15.5. The van der Waals surface area contributed by atoms with Gasteiger partial charge in [-0.25, -0.2) is 0 Å². The minimum Gasteiger partial charge on any atom is -0.497 e. The maximum atomic E-state index is 12.3. The maximum Gasteiger partial charge on any atom is 0.182 e. The maximum absolute atomic E-state index is 12.3. The molecule has 0 amide bonds. The number of benzene rings is 1. The summed E-state index contributed by atoms with van der Waals surface area (Å²) in [6.45, 7) is 2.52. The van der Waals surface area contributed by atoms with Gasteiger partial charge in [0.2, 0.25) is 0 Å². The van der Waals surface area contributed by atoms with E-state index in [0.29, 0.717) is 24.3 Å². The summed E-state index contributed by atoms with van der Waals surface area (Å²) in [6.07, 6.45) is 0.667. The van der Waals surface area contributed by atoms with E-state index in [0.717, 1.165) is 11.6 Å². The number of nitrogens with zero attached hydrogens (tertiary/aromatic N) is 1. The zero-order valence-corrected chi connectivity index (χ0v) is 14.7. The molecule has 1 heterocycles. The highest BCUT2D eigenvalue weighted by Gasteiger charge is 2.21. The smallest absolute Gasteiger partial charge is 0.182 e. The first kappa shape index (κ1) is 18.1. The fourth-order valence-electron chi connectivity index (χ4n) is 2.11. The second-order valence-electron chi connectivity index (χ2n) is 4.61. The molecule has 4 nitrogen and oxygen atoms in total. The molecule has 0 saturated heterocycles. The van der Waals surface area contributed by atoms with Gasteiger partial charge in [0.05, 0.1) is 19.5 Å². The highest BCUT2D eigenvalue weighted by Crippen LogP contribution is 2.33. The monoisotopic (exact) mass is 373 g/mol. The fourth-order valence-corrected chi connectivity index (χ4v) is 3.28. The van der Waals surface area contributed by atoms with Crippen molar-refractivity contribution in [2.24, 2.45) is 0 Å². The number of carbonyl (C=O) groups is 1. The van der Waals surface area contributed by atoms with E-state index in [1.54, 1.807) is 24.9 Å². The molecule has 0 saturated carbocycles. The normalized spacial score (nSPS) is 14.1. The van der Waals surface area contributed by atoms with Crippen LogP contribution < -0.4 is 4.74 Å². The molecule has 1 aromatic carbocycles. The Morgan fingerprint density at radius 1 is 1.48 bits per heavy atom. The van der Waals surface area contributed by atoms with E-state index in [1.165, 1.54) is 4.91 Å². The molecule has 0 unspecified atom stereocenters. The first-order valence-electron chi connectivity index (χ1n) is 6.51. The van der Waals surface area contributed by atoms with Gasteiger partial charge in [0.1, 0.15) is 5.75 Å². The van der Waals surface area contributed by atoms with Crippen LogP contribution in [0.2, 0.25) is 0 Å². The third kappa shape index (κ3) is 4.49. The molecule has 1 aliphatic heterocycles. The number of allylic oxidation sites excluding steroid dienone is 1. The molecule has 1 aromatic rings. The van der Waals surface area contributed by atoms with Gasteiger partial charge >= 0.3 is 0 Å². The highest BCUT2D eigenvalue weighted by molar-refractivity contribution is 8.93. The average molecular weight is 374 g/mol. The summed E-state index contributed by atoms with van der Waals surface area (Å²) in [5.41, 5.74) is 1.76. The van der Waals surface area contributed by atoms with Crippen molar-refractivity contribution in [2.75, 3.05) is 26.1 Å². The van der Waals surface area contributed by atoms with Gasteiger partial charge in [-0.2, -0.15) is 0 Å². The number of rotatable bonds is 6. The number of thioether (sulfide) groups is 1. The molecule has 0 radical (unpaired) electrons. The molecule has 0 bridgehead atoms. The molecule has 0 atom stereocenters. The molecule has 2 rings (SSSR count).